The number of carbonyl (C=O) groups is 1. The van der Waals surface area contributed by atoms with Crippen molar-refractivity contribution < 1.29 is 9.53 Å². The third-order valence-corrected chi connectivity index (χ3v) is 4.65. The summed E-state index contributed by atoms with van der Waals surface area (Å²) in [4.78, 5) is 12.4. The van der Waals surface area contributed by atoms with E-state index in [4.69, 9.17) is 16.3 Å². The quantitative estimate of drug-likeness (QED) is 0.524. The molecule has 0 unspecified atom stereocenters. The van der Waals surface area contributed by atoms with Gasteiger partial charge >= 0.3 is 0 Å². The van der Waals surface area contributed by atoms with E-state index in [2.05, 4.69) is 20.6 Å². The number of benzene rings is 2. The molecule has 0 saturated carbocycles. The Kier molecular flexibility index (Phi) is 4.99. The number of hydrogen-bond acceptors (Lipinski definition) is 4. The van der Waals surface area contributed by atoms with Crippen LogP contribution in [0, 0.1) is 0 Å². The first kappa shape index (κ1) is 18.1. The molecule has 2 aromatic carbocycles. The van der Waals surface area contributed by atoms with Crippen LogP contribution in [-0.4, -0.2) is 33.0 Å². The number of rotatable bonds is 6. The zero-order valence-corrected chi connectivity index (χ0v) is 15.9. The van der Waals surface area contributed by atoms with Gasteiger partial charge in [0.1, 0.15) is 5.75 Å². The van der Waals surface area contributed by atoms with Crippen LogP contribution in [0.3, 0.4) is 0 Å². The van der Waals surface area contributed by atoms with Gasteiger partial charge < -0.3 is 10.1 Å². The Morgan fingerprint density at radius 2 is 2.07 bits per heavy atom. The van der Waals surface area contributed by atoms with Crippen molar-refractivity contribution >= 4 is 28.4 Å². The molecule has 4 rings (SSSR count). The van der Waals surface area contributed by atoms with Gasteiger partial charge in [-0.3, -0.25) is 14.6 Å². The fraction of sp³-hybridized carbons (Fsp3) is 0.150. The van der Waals surface area contributed by atoms with Gasteiger partial charge in [-0.1, -0.05) is 23.7 Å². The number of aromatic nitrogens is 4. The first-order valence-corrected chi connectivity index (χ1v) is 9.06. The van der Waals surface area contributed by atoms with Crippen LogP contribution in [-0.2, 0) is 13.1 Å². The number of carbonyl (C=O) groups excluding carboxylic acids is 1. The van der Waals surface area contributed by atoms with Gasteiger partial charge in [0.05, 0.1) is 43.2 Å². The Morgan fingerprint density at radius 3 is 2.86 bits per heavy atom. The van der Waals surface area contributed by atoms with Crippen molar-refractivity contribution in [2.75, 3.05) is 7.11 Å². The molecule has 0 bridgehead atoms. The van der Waals surface area contributed by atoms with Crippen LogP contribution in [0.25, 0.3) is 10.9 Å². The van der Waals surface area contributed by atoms with Gasteiger partial charge in [-0.25, -0.2) is 0 Å². The van der Waals surface area contributed by atoms with E-state index < -0.39 is 0 Å². The molecule has 0 saturated heterocycles. The zero-order valence-electron chi connectivity index (χ0n) is 15.1. The van der Waals surface area contributed by atoms with Crippen molar-refractivity contribution in [2.24, 2.45) is 0 Å². The summed E-state index contributed by atoms with van der Waals surface area (Å²) >= 11 is 6.05. The van der Waals surface area contributed by atoms with Crippen LogP contribution in [0.1, 0.15) is 21.6 Å². The number of fused-ring (bicyclic) bond motifs is 1. The molecule has 28 heavy (non-hydrogen) atoms. The number of halogens is 1. The molecule has 8 heteroatoms. The Balaban J connectivity index is 1.40. The number of nitrogens with one attached hydrogen (secondary N) is 2. The second-order valence-electron chi connectivity index (χ2n) is 6.32. The lowest BCUT2D eigenvalue weighted by molar-refractivity contribution is 0.0950. The number of H-pyrrole nitrogens is 1. The van der Waals surface area contributed by atoms with Crippen LogP contribution in [0.4, 0.5) is 0 Å². The van der Waals surface area contributed by atoms with Gasteiger partial charge in [0.2, 0.25) is 0 Å². The highest BCUT2D eigenvalue weighted by Gasteiger charge is 2.11. The van der Waals surface area contributed by atoms with Crippen molar-refractivity contribution in [3.05, 3.63) is 76.7 Å². The third-order valence-electron chi connectivity index (χ3n) is 4.42. The largest absolute Gasteiger partial charge is 0.497 e. The van der Waals surface area contributed by atoms with Crippen LogP contribution >= 0.6 is 11.6 Å². The summed E-state index contributed by atoms with van der Waals surface area (Å²) in [5.41, 5.74) is 3.17. The van der Waals surface area contributed by atoms with Gasteiger partial charge in [-0.05, 0) is 35.9 Å². The lowest BCUT2D eigenvalue weighted by atomic mass is 10.2. The molecule has 2 N–H and O–H groups in total. The SMILES string of the molecule is COc1ccc(Cn2cc(C(=O)NCc3n[nH]c4ccc(Cl)cc34)cn2)cc1. The summed E-state index contributed by atoms with van der Waals surface area (Å²) in [7, 11) is 1.63. The first-order valence-electron chi connectivity index (χ1n) is 8.68. The highest BCUT2D eigenvalue weighted by molar-refractivity contribution is 6.31. The van der Waals surface area contributed by atoms with Crippen LogP contribution in [0.5, 0.6) is 5.75 Å². The molecule has 0 atom stereocenters. The molecule has 2 aromatic heterocycles. The van der Waals surface area contributed by atoms with Crippen molar-refractivity contribution in [2.45, 2.75) is 13.1 Å². The molecule has 1 amide bonds. The van der Waals surface area contributed by atoms with E-state index in [-0.39, 0.29) is 5.91 Å². The number of amides is 1. The second kappa shape index (κ2) is 7.74. The Morgan fingerprint density at radius 1 is 1.25 bits per heavy atom. The maximum Gasteiger partial charge on any atom is 0.254 e. The van der Waals surface area contributed by atoms with Crippen molar-refractivity contribution in [3.8, 4) is 5.75 Å². The van der Waals surface area contributed by atoms with Gasteiger partial charge in [0, 0.05) is 16.6 Å². The minimum Gasteiger partial charge on any atom is -0.497 e. The van der Waals surface area contributed by atoms with E-state index in [1.807, 2.05) is 36.4 Å². The van der Waals surface area contributed by atoms with E-state index in [1.54, 1.807) is 30.3 Å². The molecule has 0 spiro atoms. The van der Waals surface area contributed by atoms with E-state index in [1.165, 1.54) is 0 Å². The molecule has 7 nitrogen and oxygen atoms in total. The van der Waals surface area contributed by atoms with E-state index in [0.717, 1.165) is 27.9 Å². The predicted molar refractivity (Wildman–Crippen MR) is 107 cm³/mol. The van der Waals surface area contributed by atoms with Crippen LogP contribution < -0.4 is 10.1 Å². The average Bonchev–Trinajstić information content (AvgIpc) is 3.33. The number of aromatic amines is 1. The molecule has 0 aliphatic heterocycles. The van der Waals surface area contributed by atoms with Crippen molar-refractivity contribution in [3.63, 3.8) is 0 Å². The Labute approximate surface area is 166 Å². The summed E-state index contributed by atoms with van der Waals surface area (Å²) in [6.07, 6.45) is 3.28. The van der Waals surface area contributed by atoms with Crippen LogP contribution in [0.15, 0.2) is 54.9 Å². The van der Waals surface area contributed by atoms with Gasteiger partial charge in [-0.2, -0.15) is 10.2 Å². The lowest BCUT2D eigenvalue weighted by Gasteiger charge is -2.04. The minimum absolute atomic E-state index is 0.209. The summed E-state index contributed by atoms with van der Waals surface area (Å²) in [6.45, 7) is 0.864. The maximum absolute atomic E-state index is 12.4. The normalized spacial score (nSPS) is 10.9. The number of ether oxygens (including phenoxy) is 1. The zero-order chi connectivity index (χ0) is 19.5. The Hall–Kier alpha value is -3.32. The van der Waals surface area contributed by atoms with E-state index in [0.29, 0.717) is 23.7 Å². The molecule has 0 fully saturated rings. The lowest BCUT2D eigenvalue weighted by Crippen LogP contribution is -2.22. The molecule has 0 radical (unpaired) electrons. The number of methoxy groups -OCH3 is 1. The molecular weight excluding hydrogens is 378 g/mol. The molecule has 0 aliphatic rings. The van der Waals surface area contributed by atoms with Gasteiger partial charge in [-0.15, -0.1) is 0 Å². The van der Waals surface area contributed by atoms with Crippen LogP contribution in [0.2, 0.25) is 5.02 Å². The topological polar surface area (TPSA) is 84.8 Å². The molecule has 142 valence electrons. The standard InChI is InChI=1S/C20H18ClN5O2/c1-28-16-5-2-13(3-6-16)11-26-12-14(9-23-26)20(27)22-10-19-17-8-15(21)4-7-18(17)24-25-19/h2-9,12H,10-11H2,1H3,(H,22,27)(H,24,25). The minimum atomic E-state index is -0.209. The molecule has 4 aromatic rings. The fourth-order valence-corrected chi connectivity index (χ4v) is 3.10. The van der Waals surface area contributed by atoms with Gasteiger partial charge in [0.15, 0.2) is 0 Å². The van der Waals surface area contributed by atoms with Crippen molar-refractivity contribution in [1.29, 1.82) is 0 Å². The fourth-order valence-electron chi connectivity index (χ4n) is 2.93. The first-order chi connectivity index (χ1) is 13.6. The highest BCUT2D eigenvalue weighted by Crippen LogP contribution is 2.20. The second-order valence-corrected chi connectivity index (χ2v) is 6.75. The van der Waals surface area contributed by atoms with Gasteiger partial charge in [0.25, 0.3) is 5.91 Å². The Bertz CT molecular complexity index is 1120. The maximum atomic E-state index is 12.4. The predicted octanol–water partition coefficient (Wildman–Crippen LogP) is 3.40. The van der Waals surface area contributed by atoms with E-state index >= 15 is 0 Å². The summed E-state index contributed by atoms with van der Waals surface area (Å²) in [5.74, 6) is 0.593. The molecular formula is C20H18ClN5O2. The smallest absolute Gasteiger partial charge is 0.254 e. The molecule has 2 heterocycles. The third kappa shape index (κ3) is 3.84. The number of hydrogen-bond donors (Lipinski definition) is 2. The average molecular weight is 396 g/mol. The van der Waals surface area contributed by atoms with Crippen molar-refractivity contribution in [1.82, 2.24) is 25.3 Å². The summed E-state index contributed by atoms with van der Waals surface area (Å²) in [5, 5.41) is 15.8. The summed E-state index contributed by atoms with van der Waals surface area (Å²) in [6, 6.07) is 13.2. The monoisotopic (exact) mass is 395 g/mol. The highest BCUT2D eigenvalue weighted by atomic mass is 35.5. The molecule has 0 aliphatic carbocycles. The number of nitrogens with zero attached hydrogens (tertiary/aromatic N) is 3. The van der Waals surface area contributed by atoms with E-state index in [9.17, 15) is 4.79 Å². The summed E-state index contributed by atoms with van der Waals surface area (Å²) < 4.78 is 6.88.